The summed E-state index contributed by atoms with van der Waals surface area (Å²) in [4.78, 5) is 10.3. The van der Waals surface area contributed by atoms with Crippen molar-refractivity contribution in [3.05, 3.63) is 0 Å². The first kappa shape index (κ1) is 9.24. The monoisotopic (exact) mass is 176 g/mol. The van der Waals surface area contributed by atoms with Gasteiger partial charge in [0, 0.05) is 6.42 Å². The van der Waals surface area contributed by atoms with E-state index in [4.69, 9.17) is 15.6 Å². The van der Waals surface area contributed by atoms with Gasteiger partial charge in [0.05, 0.1) is 12.7 Å². The quantitative estimate of drug-likeness (QED) is 0.395. The summed E-state index contributed by atoms with van der Waals surface area (Å²) in [5.74, 6) is 0. The minimum atomic E-state index is -0.744. The summed E-state index contributed by atoms with van der Waals surface area (Å²) in [6.45, 7) is -0.266. The van der Waals surface area contributed by atoms with Crippen LogP contribution < -0.4 is 11.1 Å². The van der Waals surface area contributed by atoms with Gasteiger partial charge in [0.1, 0.15) is 12.3 Å². The van der Waals surface area contributed by atoms with Crippen molar-refractivity contribution in [3.63, 3.8) is 0 Å². The average molecular weight is 176 g/mol. The van der Waals surface area contributed by atoms with Crippen LogP contribution in [0.15, 0.2) is 0 Å². The van der Waals surface area contributed by atoms with Gasteiger partial charge in [-0.1, -0.05) is 0 Å². The van der Waals surface area contributed by atoms with E-state index >= 15 is 0 Å². The molecule has 6 heteroatoms. The molecule has 0 aromatic rings. The third kappa shape index (κ3) is 2.07. The fourth-order valence-electron chi connectivity index (χ4n) is 1.14. The molecule has 0 bridgehead atoms. The van der Waals surface area contributed by atoms with Crippen LogP contribution in [0, 0.1) is 0 Å². The number of hydrogen-bond donors (Lipinski definition) is 4. The van der Waals surface area contributed by atoms with Crippen molar-refractivity contribution in [2.75, 3.05) is 6.61 Å². The van der Waals surface area contributed by atoms with Crippen LogP contribution in [0.1, 0.15) is 6.42 Å². The summed E-state index contributed by atoms with van der Waals surface area (Å²) >= 11 is 0. The Morgan fingerprint density at radius 2 is 2.42 bits per heavy atom. The van der Waals surface area contributed by atoms with Crippen LogP contribution in [0.3, 0.4) is 0 Å². The van der Waals surface area contributed by atoms with E-state index in [1.807, 2.05) is 0 Å². The lowest BCUT2D eigenvalue weighted by Crippen LogP contribution is -2.38. The Labute approximate surface area is 69.3 Å². The van der Waals surface area contributed by atoms with Crippen LogP contribution in [-0.4, -0.2) is 41.3 Å². The van der Waals surface area contributed by atoms with Crippen molar-refractivity contribution in [2.24, 2.45) is 5.73 Å². The molecule has 3 atom stereocenters. The van der Waals surface area contributed by atoms with E-state index in [1.54, 1.807) is 0 Å². The number of nitrogens with one attached hydrogen (secondary N) is 1. The standard InChI is InChI=1S/C6H12N2O4/c7-6(11)8-5-1-3(10)4(2-9)12-5/h3-5,9-10H,1-2H2,(H3,7,8,11)/t3-,4+,5+/m0/s1. The predicted octanol–water partition coefficient (Wildman–Crippen LogP) is -1.88. The number of aliphatic hydroxyl groups excluding tert-OH is 2. The second-order valence-corrected chi connectivity index (χ2v) is 2.66. The maximum Gasteiger partial charge on any atom is 0.314 e. The van der Waals surface area contributed by atoms with Crippen LogP contribution in [0.5, 0.6) is 0 Å². The third-order valence-corrected chi connectivity index (χ3v) is 1.71. The summed E-state index contributed by atoms with van der Waals surface area (Å²) in [6, 6.07) is -0.703. The van der Waals surface area contributed by atoms with E-state index in [9.17, 15) is 9.90 Å². The molecule has 1 aliphatic rings. The van der Waals surface area contributed by atoms with Gasteiger partial charge in [0.15, 0.2) is 0 Å². The normalized spacial score (nSPS) is 35.0. The Hall–Kier alpha value is -0.850. The second kappa shape index (κ2) is 3.70. The zero-order chi connectivity index (χ0) is 9.14. The molecule has 70 valence electrons. The zero-order valence-electron chi connectivity index (χ0n) is 6.43. The molecular weight excluding hydrogens is 164 g/mol. The highest BCUT2D eigenvalue weighted by atomic mass is 16.5. The molecule has 0 aromatic heterocycles. The Bertz CT molecular complexity index is 175. The molecule has 0 aromatic carbocycles. The zero-order valence-corrected chi connectivity index (χ0v) is 6.43. The van der Waals surface area contributed by atoms with Crippen LogP contribution in [0.4, 0.5) is 4.79 Å². The molecule has 1 fully saturated rings. The molecule has 0 spiro atoms. The number of aliphatic hydroxyl groups is 2. The van der Waals surface area contributed by atoms with E-state index in [0.717, 1.165) is 0 Å². The molecule has 0 unspecified atom stereocenters. The predicted molar refractivity (Wildman–Crippen MR) is 39.1 cm³/mol. The summed E-state index contributed by atoms with van der Waals surface area (Å²) in [5, 5.41) is 20.1. The molecule has 0 aliphatic carbocycles. The van der Waals surface area contributed by atoms with Gasteiger partial charge >= 0.3 is 6.03 Å². The van der Waals surface area contributed by atoms with Gasteiger partial charge in [0.25, 0.3) is 0 Å². The van der Waals surface area contributed by atoms with Crippen molar-refractivity contribution in [1.29, 1.82) is 0 Å². The molecule has 0 radical (unpaired) electrons. The summed E-state index contributed by atoms with van der Waals surface area (Å²) in [5.41, 5.74) is 4.83. The van der Waals surface area contributed by atoms with Crippen molar-refractivity contribution in [3.8, 4) is 0 Å². The minimum Gasteiger partial charge on any atom is -0.394 e. The van der Waals surface area contributed by atoms with Crippen LogP contribution in [-0.2, 0) is 4.74 Å². The lowest BCUT2D eigenvalue weighted by molar-refractivity contribution is -0.0270. The number of carbonyl (C=O) groups excluding carboxylic acids is 1. The van der Waals surface area contributed by atoms with Gasteiger partial charge in [-0.3, -0.25) is 0 Å². The van der Waals surface area contributed by atoms with Gasteiger partial charge in [-0.05, 0) is 0 Å². The van der Waals surface area contributed by atoms with E-state index in [-0.39, 0.29) is 13.0 Å². The molecule has 5 N–H and O–H groups in total. The number of amides is 2. The molecule has 1 heterocycles. The summed E-state index contributed by atoms with van der Waals surface area (Å²) in [7, 11) is 0. The van der Waals surface area contributed by atoms with Gasteiger partial charge in [0.2, 0.25) is 0 Å². The van der Waals surface area contributed by atoms with Gasteiger partial charge in [-0.25, -0.2) is 4.79 Å². The molecule has 6 nitrogen and oxygen atoms in total. The SMILES string of the molecule is NC(=O)N[C@H]1C[C@H](O)[C@@H](CO)O1. The Balaban J connectivity index is 2.37. The highest BCUT2D eigenvalue weighted by molar-refractivity contribution is 5.71. The van der Waals surface area contributed by atoms with Gasteiger partial charge < -0.3 is 26.0 Å². The smallest absolute Gasteiger partial charge is 0.314 e. The van der Waals surface area contributed by atoms with Crippen molar-refractivity contribution < 1.29 is 19.7 Å². The Morgan fingerprint density at radius 1 is 1.75 bits per heavy atom. The minimum absolute atomic E-state index is 0.258. The van der Waals surface area contributed by atoms with Crippen molar-refractivity contribution >= 4 is 6.03 Å². The van der Waals surface area contributed by atoms with E-state index in [1.165, 1.54) is 0 Å². The van der Waals surface area contributed by atoms with E-state index in [0.29, 0.717) is 0 Å². The maximum atomic E-state index is 10.3. The number of nitrogens with two attached hydrogens (primary N) is 1. The lowest BCUT2D eigenvalue weighted by Gasteiger charge is -2.11. The largest absolute Gasteiger partial charge is 0.394 e. The molecule has 1 saturated heterocycles. The highest BCUT2D eigenvalue weighted by Gasteiger charge is 2.33. The highest BCUT2D eigenvalue weighted by Crippen LogP contribution is 2.17. The number of urea groups is 1. The third-order valence-electron chi connectivity index (χ3n) is 1.71. The average Bonchev–Trinajstić information content (AvgIpc) is 2.29. The molecule has 0 saturated carbocycles. The van der Waals surface area contributed by atoms with Crippen LogP contribution >= 0.6 is 0 Å². The number of carbonyl (C=O) groups is 1. The maximum absolute atomic E-state index is 10.3. The Kier molecular flexibility index (Phi) is 2.85. The molecule has 12 heavy (non-hydrogen) atoms. The second-order valence-electron chi connectivity index (χ2n) is 2.66. The van der Waals surface area contributed by atoms with Gasteiger partial charge in [-0.15, -0.1) is 0 Å². The van der Waals surface area contributed by atoms with E-state index < -0.39 is 24.5 Å². The summed E-state index contributed by atoms with van der Waals surface area (Å²) < 4.78 is 5.02. The topological polar surface area (TPSA) is 105 Å². The van der Waals surface area contributed by atoms with Crippen molar-refractivity contribution in [2.45, 2.75) is 24.9 Å². The number of primary amides is 1. The number of ether oxygens (including phenoxy) is 1. The first-order valence-electron chi connectivity index (χ1n) is 3.64. The number of hydrogen-bond acceptors (Lipinski definition) is 4. The first-order chi connectivity index (χ1) is 5.63. The fourth-order valence-corrected chi connectivity index (χ4v) is 1.14. The molecule has 2 amide bonds. The molecular formula is C6H12N2O4. The lowest BCUT2D eigenvalue weighted by atomic mass is 10.2. The van der Waals surface area contributed by atoms with Gasteiger partial charge in [-0.2, -0.15) is 0 Å². The molecule has 1 rings (SSSR count). The Morgan fingerprint density at radius 3 is 2.83 bits per heavy atom. The summed E-state index contributed by atoms with van der Waals surface area (Å²) in [6.07, 6.45) is -1.70. The van der Waals surface area contributed by atoms with E-state index in [2.05, 4.69) is 5.32 Å². The number of rotatable bonds is 2. The van der Waals surface area contributed by atoms with Crippen molar-refractivity contribution in [1.82, 2.24) is 5.32 Å². The van der Waals surface area contributed by atoms with Crippen LogP contribution in [0.25, 0.3) is 0 Å². The molecule has 1 aliphatic heterocycles. The fraction of sp³-hybridized carbons (Fsp3) is 0.833. The first-order valence-corrected chi connectivity index (χ1v) is 3.64. The van der Waals surface area contributed by atoms with Crippen LogP contribution in [0.2, 0.25) is 0 Å².